The third-order valence-corrected chi connectivity index (χ3v) is 3.12. The summed E-state index contributed by atoms with van der Waals surface area (Å²) in [6.45, 7) is 4.92. The van der Waals surface area contributed by atoms with Crippen LogP contribution in [0, 0.1) is 6.92 Å². The molecule has 0 amide bonds. The molecule has 1 N–H and O–H groups in total. The Morgan fingerprint density at radius 3 is 2.74 bits per heavy atom. The fourth-order valence-corrected chi connectivity index (χ4v) is 2.14. The minimum absolute atomic E-state index is 0.0283. The molecular weight excluding hydrogens is 240 g/mol. The average molecular weight is 260 g/mol. The van der Waals surface area contributed by atoms with Crippen LogP contribution in [0.25, 0.3) is 0 Å². The zero-order valence-electron chi connectivity index (χ0n) is 11.8. The van der Waals surface area contributed by atoms with Crippen molar-refractivity contribution in [2.24, 2.45) is 7.05 Å². The van der Waals surface area contributed by atoms with E-state index in [1.165, 1.54) is 0 Å². The Hall–Kier alpha value is -1.88. The van der Waals surface area contributed by atoms with E-state index < -0.39 is 0 Å². The van der Waals surface area contributed by atoms with Gasteiger partial charge in [0.05, 0.1) is 19.3 Å². The van der Waals surface area contributed by atoms with Crippen LogP contribution in [-0.2, 0) is 7.05 Å². The number of hydrogen-bond acceptors (Lipinski definition) is 4. The maximum Gasteiger partial charge on any atom is 0.161 e. The van der Waals surface area contributed by atoms with E-state index in [-0.39, 0.29) is 6.04 Å². The number of hydrogen-bond donors (Lipinski definition) is 1. The molecule has 19 heavy (non-hydrogen) atoms. The van der Waals surface area contributed by atoms with Crippen LogP contribution in [0.4, 0.5) is 0 Å². The van der Waals surface area contributed by atoms with Crippen molar-refractivity contribution in [1.82, 2.24) is 20.1 Å². The van der Waals surface area contributed by atoms with Gasteiger partial charge >= 0.3 is 0 Å². The van der Waals surface area contributed by atoms with E-state index in [0.29, 0.717) is 0 Å². The highest BCUT2D eigenvalue weighted by Gasteiger charge is 2.21. The highest BCUT2D eigenvalue weighted by molar-refractivity contribution is 5.35. The number of rotatable bonds is 5. The van der Waals surface area contributed by atoms with E-state index in [0.717, 1.165) is 29.2 Å². The van der Waals surface area contributed by atoms with Crippen molar-refractivity contribution in [3.05, 3.63) is 41.5 Å². The highest BCUT2D eigenvalue weighted by Crippen LogP contribution is 2.29. The number of nitrogens with one attached hydrogen (secondary N) is 1. The Kier molecular flexibility index (Phi) is 4.16. The molecule has 0 saturated heterocycles. The lowest BCUT2D eigenvalue weighted by molar-refractivity contribution is 0.401. The van der Waals surface area contributed by atoms with Crippen LogP contribution in [0.3, 0.4) is 0 Å². The molecule has 5 nitrogen and oxygen atoms in total. The fraction of sp³-hybridized carbons (Fsp3) is 0.429. The number of nitrogens with zero attached hydrogens (tertiary/aromatic N) is 3. The molecule has 2 aromatic heterocycles. The van der Waals surface area contributed by atoms with Crippen molar-refractivity contribution < 1.29 is 4.74 Å². The van der Waals surface area contributed by atoms with Gasteiger partial charge in [-0.1, -0.05) is 13.0 Å². The Labute approximate surface area is 113 Å². The molecule has 1 unspecified atom stereocenters. The lowest BCUT2D eigenvalue weighted by Crippen LogP contribution is -2.25. The maximum absolute atomic E-state index is 5.39. The quantitative estimate of drug-likeness (QED) is 0.891. The maximum atomic E-state index is 5.39. The molecule has 0 fully saturated rings. The van der Waals surface area contributed by atoms with Crippen LogP contribution in [0.1, 0.15) is 29.9 Å². The fourth-order valence-electron chi connectivity index (χ4n) is 2.14. The molecule has 0 saturated carbocycles. The summed E-state index contributed by atoms with van der Waals surface area (Å²) in [5.41, 5.74) is 3.13. The SMILES string of the molecule is CCNC(c1ccc(C)nc1)c1c(OC)cnn1C. The number of ether oxygens (including phenoxy) is 1. The molecule has 0 aliphatic rings. The van der Waals surface area contributed by atoms with Gasteiger partial charge < -0.3 is 10.1 Å². The minimum Gasteiger partial charge on any atom is -0.493 e. The molecule has 0 aromatic carbocycles. The molecule has 5 heteroatoms. The van der Waals surface area contributed by atoms with Gasteiger partial charge in [0.1, 0.15) is 5.69 Å². The third-order valence-electron chi connectivity index (χ3n) is 3.12. The zero-order valence-corrected chi connectivity index (χ0v) is 11.8. The number of aryl methyl sites for hydroxylation is 2. The topological polar surface area (TPSA) is 52.0 Å². The summed E-state index contributed by atoms with van der Waals surface area (Å²) in [7, 11) is 3.58. The van der Waals surface area contributed by atoms with Crippen molar-refractivity contribution in [3.63, 3.8) is 0 Å². The second kappa shape index (κ2) is 5.84. The molecule has 2 aromatic rings. The van der Waals surface area contributed by atoms with Crippen LogP contribution >= 0.6 is 0 Å². The van der Waals surface area contributed by atoms with Crippen LogP contribution in [0.5, 0.6) is 5.75 Å². The van der Waals surface area contributed by atoms with Gasteiger partial charge in [-0.25, -0.2) is 0 Å². The van der Waals surface area contributed by atoms with Gasteiger partial charge in [0.25, 0.3) is 0 Å². The molecule has 0 aliphatic carbocycles. The summed E-state index contributed by atoms with van der Waals surface area (Å²) in [5, 5.41) is 7.72. The summed E-state index contributed by atoms with van der Waals surface area (Å²) in [5.74, 6) is 0.786. The summed E-state index contributed by atoms with van der Waals surface area (Å²) in [6, 6.07) is 4.13. The predicted molar refractivity (Wildman–Crippen MR) is 74.3 cm³/mol. The van der Waals surface area contributed by atoms with Gasteiger partial charge in [-0.15, -0.1) is 0 Å². The monoisotopic (exact) mass is 260 g/mol. The van der Waals surface area contributed by atoms with Gasteiger partial charge in [-0.3, -0.25) is 9.67 Å². The van der Waals surface area contributed by atoms with Gasteiger partial charge in [0.2, 0.25) is 0 Å². The molecule has 0 bridgehead atoms. The van der Waals surface area contributed by atoms with Gasteiger partial charge in [-0.05, 0) is 25.1 Å². The van der Waals surface area contributed by atoms with E-state index in [4.69, 9.17) is 4.74 Å². The Bertz CT molecular complexity index is 533. The average Bonchev–Trinajstić information content (AvgIpc) is 2.78. The largest absolute Gasteiger partial charge is 0.493 e. The Morgan fingerprint density at radius 2 is 2.16 bits per heavy atom. The number of pyridine rings is 1. The number of methoxy groups -OCH3 is 1. The van der Waals surface area contributed by atoms with Crippen molar-refractivity contribution >= 4 is 0 Å². The van der Waals surface area contributed by atoms with Crippen LogP contribution < -0.4 is 10.1 Å². The summed E-state index contributed by atoms with van der Waals surface area (Å²) >= 11 is 0. The lowest BCUT2D eigenvalue weighted by Gasteiger charge is -2.19. The van der Waals surface area contributed by atoms with Gasteiger partial charge in [-0.2, -0.15) is 5.10 Å². The molecule has 1 atom stereocenters. The summed E-state index contributed by atoms with van der Waals surface area (Å²) in [6.07, 6.45) is 3.64. The van der Waals surface area contributed by atoms with Crippen molar-refractivity contribution in [2.45, 2.75) is 19.9 Å². The first-order valence-electron chi connectivity index (χ1n) is 6.39. The molecule has 0 spiro atoms. The van der Waals surface area contributed by atoms with E-state index >= 15 is 0 Å². The molecular formula is C14H20N4O. The molecule has 2 rings (SSSR count). The Morgan fingerprint density at radius 1 is 1.37 bits per heavy atom. The van der Waals surface area contributed by atoms with Gasteiger partial charge in [0.15, 0.2) is 5.75 Å². The summed E-state index contributed by atoms with van der Waals surface area (Å²) in [4.78, 5) is 4.37. The normalized spacial score (nSPS) is 12.4. The second-order valence-corrected chi connectivity index (χ2v) is 4.45. The van der Waals surface area contributed by atoms with Gasteiger partial charge in [0, 0.05) is 18.9 Å². The lowest BCUT2D eigenvalue weighted by atomic mass is 10.0. The Balaban J connectivity index is 2.44. The first-order chi connectivity index (χ1) is 9.17. The zero-order chi connectivity index (χ0) is 13.8. The predicted octanol–water partition coefficient (Wildman–Crippen LogP) is 1.83. The first-order valence-corrected chi connectivity index (χ1v) is 6.39. The number of aromatic nitrogens is 3. The standard InChI is InChI=1S/C14H20N4O/c1-5-15-13(11-7-6-10(2)16-8-11)14-12(19-4)9-17-18(14)3/h6-9,13,15H,5H2,1-4H3. The molecule has 102 valence electrons. The van der Waals surface area contributed by atoms with E-state index in [1.54, 1.807) is 13.3 Å². The van der Waals surface area contributed by atoms with Crippen LogP contribution in [0.15, 0.2) is 24.5 Å². The molecule has 2 heterocycles. The summed E-state index contributed by atoms with van der Waals surface area (Å²) < 4.78 is 7.23. The van der Waals surface area contributed by atoms with Crippen LogP contribution in [-0.4, -0.2) is 28.4 Å². The third kappa shape index (κ3) is 2.76. The van der Waals surface area contributed by atoms with E-state index in [9.17, 15) is 0 Å². The van der Waals surface area contributed by atoms with E-state index in [2.05, 4.69) is 28.4 Å². The second-order valence-electron chi connectivity index (χ2n) is 4.45. The van der Waals surface area contributed by atoms with E-state index in [1.807, 2.05) is 30.9 Å². The van der Waals surface area contributed by atoms with Crippen molar-refractivity contribution in [1.29, 1.82) is 0 Å². The van der Waals surface area contributed by atoms with Crippen LogP contribution in [0.2, 0.25) is 0 Å². The minimum atomic E-state index is 0.0283. The molecule has 0 radical (unpaired) electrons. The first kappa shape index (κ1) is 13.5. The molecule has 0 aliphatic heterocycles. The highest BCUT2D eigenvalue weighted by atomic mass is 16.5. The van der Waals surface area contributed by atoms with Crippen molar-refractivity contribution in [2.75, 3.05) is 13.7 Å². The smallest absolute Gasteiger partial charge is 0.161 e. The van der Waals surface area contributed by atoms with Crippen molar-refractivity contribution in [3.8, 4) is 5.75 Å².